The second kappa shape index (κ2) is 6.35. The largest absolute Gasteiger partial charge is 0.384 e. The lowest BCUT2D eigenvalue weighted by atomic mass is 10.1. The molecule has 0 aliphatic carbocycles. The summed E-state index contributed by atoms with van der Waals surface area (Å²) in [6, 6.07) is 6.34. The molecule has 0 amide bonds. The van der Waals surface area contributed by atoms with Gasteiger partial charge in [0.15, 0.2) is 0 Å². The maximum atomic E-state index is 5.19. The fourth-order valence-electron chi connectivity index (χ4n) is 2.10. The summed E-state index contributed by atoms with van der Waals surface area (Å²) in [5, 5.41) is 4.63. The average Bonchev–Trinajstić information content (AvgIpc) is 2.37. The van der Waals surface area contributed by atoms with E-state index >= 15 is 0 Å². The lowest BCUT2D eigenvalue weighted by molar-refractivity contribution is 0.182. The maximum absolute atomic E-state index is 5.19. The number of anilines is 1. The number of aromatic nitrogens is 1. The number of benzene rings is 1. The molecule has 2 rings (SSSR count). The minimum atomic E-state index is 0.525. The quantitative estimate of drug-likeness (QED) is 0.892. The number of nitrogens with one attached hydrogen (secondary N) is 1. The Kier molecular flexibility index (Phi) is 4.77. The molecule has 3 nitrogen and oxygen atoms in total. The Hall–Kier alpha value is -1.13. The van der Waals surface area contributed by atoms with Crippen LogP contribution in [-0.4, -0.2) is 18.6 Å². The van der Waals surface area contributed by atoms with Crippen LogP contribution in [0.3, 0.4) is 0 Å². The first-order chi connectivity index (χ1) is 9.15. The van der Waals surface area contributed by atoms with Crippen LogP contribution < -0.4 is 5.32 Å². The molecule has 1 N–H and O–H groups in total. The first-order valence-corrected chi connectivity index (χ1v) is 7.27. The van der Waals surface area contributed by atoms with Crippen molar-refractivity contribution in [2.45, 2.75) is 26.9 Å². The Labute approximate surface area is 122 Å². The van der Waals surface area contributed by atoms with Gasteiger partial charge in [0, 0.05) is 29.2 Å². The number of pyridine rings is 1. The lowest BCUT2D eigenvalue weighted by Gasteiger charge is -2.13. The normalized spacial score (nSPS) is 10.9. The summed E-state index contributed by atoms with van der Waals surface area (Å²) in [6.45, 7) is 5.73. The van der Waals surface area contributed by atoms with E-state index in [2.05, 4.69) is 58.3 Å². The SMILES string of the molecule is CCCNc1cc(COC)nc2c(Br)cc(C)cc12. The highest BCUT2D eigenvalue weighted by Gasteiger charge is 2.09. The maximum Gasteiger partial charge on any atom is 0.0885 e. The van der Waals surface area contributed by atoms with Crippen LogP contribution >= 0.6 is 15.9 Å². The van der Waals surface area contributed by atoms with Crippen LogP contribution in [0.4, 0.5) is 5.69 Å². The molecule has 1 aromatic heterocycles. The Morgan fingerprint density at radius 1 is 1.32 bits per heavy atom. The summed E-state index contributed by atoms with van der Waals surface area (Å²) in [6.07, 6.45) is 1.09. The zero-order valence-corrected chi connectivity index (χ0v) is 13.2. The third-order valence-corrected chi connectivity index (χ3v) is 3.53. The van der Waals surface area contributed by atoms with Gasteiger partial charge < -0.3 is 10.1 Å². The molecular weight excluding hydrogens is 304 g/mol. The fraction of sp³-hybridized carbons (Fsp3) is 0.400. The van der Waals surface area contributed by atoms with Crippen molar-refractivity contribution in [3.63, 3.8) is 0 Å². The molecule has 0 aliphatic rings. The number of rotatable bonds is 5. The molecular formula is C15H19BrN2O. The number of halogens is 1. The van der Waals surface area contributed by atoms with E-state index in [1.54, 1.807) is 7.11 Å². The van der Waals surface area contributed by atoms with Gasteiger partial charge in [-0.15, -0.1) is 0 Å². The molecule has 0 radical (unpaired) electrons. The fourth-order valence-corrected chi connectivity index (χ4v) is 2.76. The number of aryl methyl sites for hydroxylation is 1. The van der Waals surface area contributed by atoms with Crippen LogP contribution in [-0.2, 0) is 11.3 Å². The van der Waals surface area contributed by atoms with E-state index in [1.807, 2.05) is 0 Å². The molecule has 0 fully saturated rings. The number of methoxy groups -OCH3 is 1. The Balaban J connectivity index is 2.60. The van der Waals surface area contributed by atoms with E-state index in [1.165, 1.54) is 5.56 Å². The summed E-state index contributed by atoms with van der Waals surface area (Å²) in [5.74, 6) is 0. The van der Waals surface area contributed by atoms with Gasteiger partial charge in [-0.2, -0.15) is 0 Å². The summed E-state index contributed by atoms with van der Waals surface area (Å²) >= 11 is 3.60. The minimum Gasteiger partial charge on any atom is -0.384 e. The van der Waals surface area contributed by atoms with Crippen molar-refractivity contribution in [1.29, 1.82) is 0 Å². The molecule has 2 aromatic rings. The van der Waals surface area contributed by atoms with Crippen molar-refractivity contribution in [3.05, 3.63) is 33.9 Å². The van der Waals surface area contributed by atoms with E-state index in [0.29, 0.717) is 6.61 Å². The highest BCUT2D eigenvalue weighted by atomic mass is 79.9. The number of hydrogen-bond acceptors (Lipinski definition) is 3. The van der Waals surface area contributed by atoms with Gasteiger partial charge >= 0.3 is 0 Å². The van der Waals surface area contributed by atoms with Gasteiger partial charge in [0.05, 0.1) is 17.8 Å². The van der Waals surface area contributed by atoms with Crippen molar-refractivity contribution in [1.82, 2.24) is 4.98 Å². The van der Waals surface area contributed by atoms with Gasteiger partial charge in [-0.25, -0.2) is 4.98 Å². The van der Waals surface area contributed by atoms with Crippen LogP contribution in [0.1, 0.15) is 24.6 Å². The van der Waals surface area contributed by atoms with E-state index in [4.69, 9.17) is 4.74 Å². The van der Waals surface area contributed by atoms with E-state index in [-0.39, 0.29) is 0 Å². The number of fused-ring (bicyclic) bond motifs is 1. The summed E-state index contributed by atoms with van der Waals surface area (Å²) in [5.41, 5.74) is 4.28. The van der Waals surface area contributed by atoms with Gasteiger partial charge in [-0.1, -0.05) is 6.92 Å². The minimum absolute atomic E-state index is 0.525. The molecule has 19 heavy (non-hydrogen) atoms. The molecule has 0 bridgehead atoms. The predicted molar refractivity (Wildman–Crippen MR) is 83.7 cm³/mol. The van der Waals surface area contributed by atoms with Crippen molar-refractivity contribution < 1.29 is 4.74 Å². The summed E-state index contributed by atoms with van der Waals surface area (Å²) in [4.78, 5) is 4.66. The number of ether oxygens (including phenoxy) is 1. The standard InChI is InChI=1S/C15H19BrN2O/c1-4-5-17-14-8-11(9-19-3)18-15-12(14)6-10(2)7-13(15)16/h6-8H,4-5,9H2,1-3H3,(H,17,18). The third-order valence-electron chi connectivity index (χ3n) is 2.92. The predicted octanol–water partition coefficient (Wildman–Crippen LogP) is 4.27. The van der Waals surface area contributed by atoms with Gasteiger partial charge in [-0.3, -0.25) is 0 Å². The monoisotopic (exact) mass is 322 g/mol. The summed E-state index contributed by atoms with van der Waals surface area (Å²) < 4.78 is 6.22. The van der Waals surface area contributed by atoms with Crippen LogP contribution in [0, 0.1) is 6.92 Å². The molecule has 0 spiro atoms. The average molecular weight is 323 g/mol. The van der Waals surface area contributed by atoms with Gasteiger partial charge in [0.1, 0.15) is 0 Å². The highest BCUT2D eigenvalue weighted by molar-refractivity contribution is 9.10. The second-order valence-corrected chi connectivity index (χ2v) is 5.52. The van der Waals surface area contributed by atoms with Gasteiger partial charge in [0.25, 0.3) is 0 Å². The molecule has 0 unspecified atom stereocenters. The van der Waals surface area contributed by atoms with E-state index < -0.39 is 0 Å². The van der Waals surface area contributed by atoms with E-state index in [9.17, 15) is 0 Å². The first kappa shape index (κ1) is 14.3. The molecule has 1 aromatic carbocycles. The van der Waals surface area contributed by atoms with Crippen molar-refractivity contribution >= 4 is 32.5 Å². The van der Waals surface area contributed by atoms with Crippen molar-refractivity contribution in [2.75, 3.05) is 19.0 Å². The molecule has 0 saturated carbocycles. The zero-order chi connectivity index (χ0) is 13.8. The highest BCUT2D eigenvalue weighted by Crippen LogP contribution is 2.30. The molecule has 102 valence electrons. The van der Waals surface area contributed by atoms with Crippen LogP contribution in [0.25, 0.3) is 10.9 Å². The third kappa shape index (κ3) is 3.25. The molecule has 0 atom stereocenters. The summed E-state index contributed by atoms with van der Waals surface area (Å²) in [7, 11) is 1.69. The smallest absolute Gasteiger partial charge is 0.0885 e. The van der Waals surface area contributed by atoms with E-state index in [0.717, 1.165) is 39.7 Å². The Morgan fingerprint density at radius 3 is 2.79 bits per heavy atom. The van der Waals surface area contributed by atoms with Crippen LogP contribution in [0.5, 0.6) is 0 Å². The first-order valence-electron chi connectivity index (χ1n) is 6.48. The van der Waals surface area contributed by atoms with Crippen molar-refractivity contribution in [2.24, 2.45) is 0 Å². The Morgan fingerprint density at radius 2 is 2.11 bits per heavy atom. The molecule has 0 aliphatic heterocycles. The van der Waals surface area contributed by atoms with Crippen molar-refractivity contribution in [3.8, 4) is 0 Å². The Bertz CT molecular complexity index is 584. The molecule has 1 heterocycles. The van der Waals surface area contributed by atoms with Crippen LogP contribution in [0.15, 0.2) is 22.7 Å². The lowest BCUT2D eigenvalue weighted by Crippen LogP contribution is -2.03. The number of nitrogens with zero attached hydrogens (tertiary/aromatic N) is 1. The zero-order valence-electron chi connectivity index (χ0n) is 11.6. The second-order valence-electron chi connectivity index (χ2n) is 4.66. The number of hydrogen-bond donors (Lipinski definition) is 1. The van der Waals surface area contributed by atoms with Gasteiger partial charge in [0.2, 0.25) is 0 Å². The molecule has 4 heteroatoms. The molecule has 0 saturated heterocycles. The van der Waals surface area contributed by atoms with Crippen LogP contribution in [0.2, 0.25) is 0 Å². The topological polar surface area (TPSA) is 34.1 Å². The van der Waals surface area contributed by atoms with Gasteiger partial charge in [-0.05, 0) is 53.0 Å².